The summed E-state index contributed by atoms with van der Waals surface area (Å²) in [6.07, 6.45) is 2.12. The summed E-state index contributed by atoms with van der Waals surface area (Å²) in [5, 5.41) is 0. The van der Waals surface area contributed by atoms with Gasteiger partial charge in [0.05, 0.1) is 12.4 Å². The van der Waals surface area contributed by atoms with E-state index in [1.807, 2.05) is 12.1 Å². The highest BCUT2D eigenvalue weighted by Crippen LogP contribution is 2.08. The number of benzene rings is 1. The van der Waals surface area contributed by atoms with E-state index in [4.69, 9.17) is 11.5 Å². The van der Waals surface area contributed by atoms with Crippen LogP contribution in [0.4, 0.5) is 0 Å². The lowest BCUT2D eigenvalue weighted by Crippen LogP contribution is -2.10. The molecule has 1 aromatic rings. The fourth-order valence-electron chi connectivity index (χ4n) is 1.49. The van der Waals surface area contributed by atoms with E-state index in [1.54, 1.807) is 6.92 Å². The molecule has 0 aromatic heterocycles. The standard InChI is InChI=1S/C13H19N3O.3CH4/c1-10(14)16-9-12-7-5-11(6-8-12)3-2-4-13(15)17;;;/h5-8H,2-4,9H2,1H3,(H2,14,16)(H2,15,17);3*1H4. The number of aliphatic imine (C=N–C) groups is 1. The number of amides is 1. The van der Waals surface area contributed by atoms with Gasteiger partial charge in [-0.1, -0.05) is 46.5 Å². The fraction of sp³-hybridized carbons (Fsp3) is 0.500. The molecular formula is C16H31N3O. The molecule has 1 aromatic carbocycles. The van der Waals surface area contributed by atoms with Crippen LogP contribution in [-0.4, -0.2) is 11.7 Å². The molecule has 0 fully saturated rings. The van der Waals surface area contributed by atoms with Crippen molar-refractivity contribution in [3.63, 3.8) is 0 Å². The molecule has 4 nitrogen and oxygen atoms in total. The number of nitrogens with zero attached hydrogens (tertiary/aromatic N) is 1. The van der Waals surface area contributed by atoms with Crippen LogP contribution in [0.3, 0.4) is 0 Å². The smallest absolute Gasteiger partial charge is 0.217 e. The first-order valence-corrected chi connectivity index (χ1v) is 5.70. The predicted molar refractivity (Wildman–Crippen MR) is 89.8 cm³/mol. The summed E-state index contributed by atoms with van der Waals surface area (Å²) in [5.41, 5.74) is 12.9. The molecule has 4 heteroatoms. The molecule has 0 saturated heterocycles. The van der Waals surface area contributed by atoms with Gasteiger partial charge in [0.25, 0.3) is 0 Å². The van der Waals surface area contributed by atoms with Crippen molar-refractivity contribution in [1.29, 1.82) is 0 Å². The van der Waals surface area contributed by atoms with Crippen molar-refractivity contribution in [3.05, 3.63) is 35.4 Å². The molecule has 0 unspecified atom stereocenters. The largest absolute Gasteiger partial charge is 0.388 e. The third-order valence-corrected chi connectivity index (χ3v) is 2.42. The van der Waals surface area contributed by atoms with Crippen LogP contribution in [0.25, 0.3) is 0 Å². The van der Waals surface area contributed by atoms with Crippen LogP contribution in [0.2, 0.25) is 0 Å². The molecule has 4 N–H and O–H groups in total. The van der Waals surface area contributed by atoms with Crippen LogP contribution >= 0.6 is 0 Å². The predicted octanol–water partition coefficient (Wildman–Crippen LogP) is 3.28. The molecule has 0 aliphatic carbocycles. The molecule has 0 aliphatic rings. The van der Waals surface area contributed by atoms with Gasteiger partial charge in [-0.2, -0.15) is 0 Å². The molecule has 1 rings (SSSR count). The minimum Gasteiger partial charge on any atom is -0.388 e. The first-order chi connectivity index (χ1) is 8.08. The summed E-state index contributed by atoms with van der Waals surface area (Å²) in [4.78, 5) is 14.7. The lowest BCUT2D eigenvalue weighted by Gasteiger charge is -2.02. The second kappa shape index (κ2) is 12.2. The van der Waals surface area contributed by atoms with Gasteiger partial charge < -0.3 is 11.5 Å². The second-order valence-electron chi connectivity index (χ2n) is 4.09. The van der Waals surface area contributed by atoms with E-state index >= 15 is 0 Å². The number of hydrogen-bond acceptors (Lipinski definition) is 2. The van der Waals surface area contributed by atoms with Crippen molar-refractivity contribution >= 4 is 11.7 Å². The highest BCUT2D eigenvalue weighted by molar-refractivity contribution is 5.77. The first-order valence-electron chi connectivity index (χ1n) is 5.70. The number of primary amides is 1. The van der Waals surface area contributed by atoms with Gasteiger partial charge in [0, 0.05) is 6.42 Å². The van der Waals surface area contributed by atoms with E-state index in [-0.39, 0.29) is 28.2 Å². The van der Waals surface area contributed by atoms with E-state index in [0.29, 0.717) is 18.8 Å². The van der Waals surface area contributed by atoms with Gasteiger partial charge in [-0.05, 0) is 30.9 Å². The topological polar surface area (TPSA) is 81.5 Å². The summed E-state index contributed by atoms with van der Waals surface area (Å²) in [7, 11) is 0. The SMILES string of the molecule is C.C.C.CC(N)=NCc1ccc(CCCC(N)=O)cc1. The first kappa shape index (κ1) is 23.3. The Morgan fingerprint density at radius 3 is 2.00 bits per heavy atom. The third kappa shape index (κ3) is 10.1. The number of amidine groups is 1. The molecule has 0 bridgehead atoms. The molecule has 0 heterocycles. The monoisotopic (exact) mass is 281 g/mol. The van der Waals surface area contributed by atoms with Crippen molar-refractivity contribution in [1.82, 2.24) is 0 Å². The van der Waals surface area contributed by atoms with Crippen molar-refractivity contribution in [3.8, 4) is 0 Å². The Hall–Kier alpha value is -1.84. The zero-order valence-corrected chi connectivity index (χ0v) is 10.1. The zero-order chi connectivity index (χ0) is 12.7. The van der Waals surface area contributed by atoms with E-state index in [0.717, 1.165) is 18.4 Å². The zero-order valence-electron chi connectivity index (χ0n) is 10.1. The number of hydrogen-bond donors (Lipinski definition) is 2. The Balaban J connectivity index is -0.000000963. The van der Waals surface area contributed by atoms with Gasteiger partial charge in [0.2, 0.25) is 5.91 Å². The molecule has 116 valence electrons. The minimum atomic E-state index is -0.241. The molecule has 0 aliphatic heterocycles. The normalized spacial score (nSPS) is 9.75. The maximum Gasteiger partial charge on any atom is 0.217 e. The van der Waals surface area contributed by atoms with E-state index in [1.165, 1.54) is 5.56 Å². The number of carbonyl (C=O) groups is 1. The second-order valence-corrected chi connectivity index (χ2v) is 4.09. The van der Waals surface area contributed by atoms with Crippen molar-refractivity contribution in [2.75, 3.05) is 0 Å². The average molecular weight is 281 g/mol. The lowest BCUT2D eigenvalue weighted by molar-refractivity contribution is -0.118. The molecule has 0 saturated carbocycles. The number of rotatable bonds is 6. The number of aryl methyl sites for hydroxylation is 1. The van der Waals surface area contributed by atoms with Gasteiger partial charge in [0.15, 0.2) is 0 Å². The van der Waals surface area contributed by atoms with Crippen LogP contribution in [0.5, 0.6) is 0 Å². The van der Waals surface area contributed by atoms with Crippen molar-refractivity contribution < 1.29 is 4.79 Å². The molecular weight excluding hydrogens is 250 g/mol. The Morgan fingerprint density at radius 1 is 1.05 bits per heavy atom. The molecule has 1 amide bonds. The van der Waals surface area contributed by atoms with Crippen molar-refractivity contribution in [2.24, 2.45) is 16.5 Å². The Bertz CT molecular complexity index is 393. The van der Waals surface area contributed by atoms with E-state index in [9.17, 15) is 4.79 Å². The highest BCUT2D eigenvalue weighted by atomic mass is 16.1. The summed E-state index contributed by atoms with van der Waals surface area (Å²) in [5.74, 6) is 0.352. The Kier molecular flexibility index (Phi) is 14.2. The van der Waals surface area contributed by atoms with E-state index in [2.05, 4.69) is 17.1 Å². The maximum atomic E-state index is 10.6. The van der Waals surface area contributed by atoms with Crippen molar-refractivity contribution in [2.45, 2.75) is 55.0 Å². The number of nitrogens with two attached hydrogens (primary N) is 2. The molecule has 0 radical (unpaired) electrons. The van der Waals surface area contributed by atoms with Crippen LogP contribution in [0, 0.1) is 0 Å². The molecule has 20 heavy (non-hydrogen) atoms. The van der Waals surface area contributed by atoms with E-state index < -0.39 is 0 Å². The van der Waals surface area contributed by atoms with Gasteiger partial charge in [0.1, 0.15) is 0 Å². The van der Waals surface area contributed by atoms with Gasteiger partial charge in [-0.25, -0.2) is 0 Å². The van der Waals surface area contributed by atoms with Gasteiger partial charge in [-0.15, -0.1) is 0 Å². The van der Waals surface area contributed by atoms with Crippen LogP contribution in [-0.2, 0) is 17.8 Å². The maximum absolute atomic E-state index is 10.6. The summed E-state index contributed by atoms with van der Waals surface area (Å²) < 4.78 is 0. The van der Waals surface area contributed by atoms with Gasteiger partial charge >= 0.3 is 0 Å². The number of carbonyl (C=O) groups excluding carboxylic acids is 1. The van der Waals surface area contributed by atoms with Crippen LogP contribution in [0.1, 0.15) is 53.2 Å². The average Bonchev–Trinajstić information content (AvgIpc) is 2.27. The third-order valence-electron chi connectivity index (χ3n) is 2.42. The fourth-order valence-corrected chi connectivity index (χ4v) is 1.49. The van der Waals surface area contributed by atoms with Crippen LogP contribution in [0.15, 0.2) is 29.3 Å². The quantitative estimate of drug-likeness (QED) is 0.619. The molecule has 0 atom stereocenters. The van der Waals surface area contributed by atoms with Gasteiger partial charge in [-0.3, -0.25) is 9.79 Å². The summed E-state index contributed by atoms with van der Waals surface area (Å²) >= 11 is 0. The molecule has 0 spiro atoms. The lowest BCUT2D eigenvalue weighted by atomic mass is 10.1. The Labute approximate surface area is 124 Å². The Morgan fingerprint density at radius 2 is 1.55 bits per heavy atom. The summed E-state index contributed by atoms with van der Waals surface area (Å²) in [6, 6.07) is 8.17. The minimum absolute atomic E-state index is 0. The highest BCUT2D eigenvalue weighted by Gasteiger charge is 1.97. The van der Waals surface area contributed by atoms with Crippen LogP contribution < -0.4 is 11.5 Å². The summed E-state index contributed by atoms with van der Waals surface area (Å²) in [6.45, 7) is 2.39.